The lowest BCUT2D eigenvalue weighted by atomic mass is 10.1. The first-order valence-corrected chi connectivity index (χ1v) is 5.10. The maximum atomic E-state index is 11.3. The van der Waals surface area contributed by atoms with Crippen LogP contribution in [0.2, 0.25) is 0 Å². The van der Waals surface area contributed by atoms with Crippen LogP contribution < -0.4 is 5.32 Å². The van der Waals surface area contributed by atoms with Gasteiger partial charge in [0.25, 0.3) is 0 Å². The minimum absolute atomic E-state index is 0.0350. The lowest BCUT2D eigenvalue weighted by molar-refractivity contribution is -0.146. The Morgan fingerprint density at radius 3 is 2.92 bits per heavy atom. The Balaban J connectivity index is 2.10. The molecule has 1 unspecified atom stereocenters. The molecule has 1 rings (SSSR count). The van der Waals surface area contributed by atoms with Crippen molar-refractivity contribution in [1.82, 2.24) is 5.32 Å². The van der Waals surface area contributed by atoms with Crippen molar-refractivity contribution in [3.8, 4) is 0 Å². The van der Waals surface area contributed by atoms with Gasteiger partial charge in [-0.05, 0) is 31.7 Å². The zero-order valence-corrected chi connectivity index (χ0v) is 8.51. The van der Waals surface area contributed by atoms with Crippen LogP contribution in [-0.4, -0.2) is 25.2 Å². The van der Waals surface area contributed by atoms with E-state index in [9.17, 15) is 4.79 Å². The fraction of sp³-hybridized carbons (Fsp3) is 0.900. The molecule has 0 aromatic carbocycles. The molecular formula is C10H19NO2. The zero-order valence-electron chi connectivity index (χ0n) is 8.51. The monoisotopic (exact) mass is 185 g/mol. The normalized spacial score (nSPS) is 22.2. The maximum Gasteiger partial charge on any atom is 0.323 e. The van der Waals surface area contributed by atoms with Crippen molar-refractivity contribution >= 4 is 5.97 Å². The largest absolute Gasteiger partial charge is 0.465 e. The highest BCUT2D eigenvalue weighted by Crippen LogP contribution is 2.07. The van der Waals surface area contributed by atoms with Crippen LogP contribution in [0.1, 0.15) is 33.1 Å². The summed E-state index contributed by atoms with van der Waals surface area (Å²) in [5.74, 6) is 0.530. The molecule has 76 valence electrons. The molecule has 3 nitrogen and oxygen atoms in total. The minimum atomic E-state index is -0.0712. The van der Waals surface area contributed by atoms with Crippen molar-refractivity contribution in [3.63, 3.8) is 0 Å². The van der Waals surface area contributed by atoms with Crippen LogP contribution in [0.4, 0.5) is 0 Å². The van der Waals surface area contributed by atoms with E-state index in [0.717, 1.165) is 25.8 Å². The highest BCUT2D eigenvalue weighted by molar-refractivity contribution is 5.76. The van der Waals surface area contributed by atoms with Gasteiger partial charge in [0.05, 0.1) is 6.61 Å². The van der Waals surface area contributed by atoms with Crippen molar-refractivity contribution in [2.45, 2.75) is 39.2 Å². The average Bonchev–Trinajstić information content (AvgIpc) is 2.55. The predicted molar refractivity (Wildman–Crippen MR) is 51.4 cm³/mol. The van der Waals surface area contributed by atoms with Gasteiger partial charge in [-0.15, -0.1) is 0 Å². The molecule has 1 fully saturated rings. The van der Waals surface area contributed by atoms with Gasteiger partial charge in [0.2, 0.25) is 0 Å². The fourth-order valence-electron chi connectivity index (χ4n) is 1.38. The van der Waals surface area contributed by atoms with Crippen molar-refractivity contribution in [2.24, 2.45) is 5.92 Å². The van der Waals surface area contributed by atoms with Gasteiger partial charge in [-0.3, -0.25) is 4.79 Å². The van der Waals surface area contributed by atoms with Gasteiger partial charge >= 0.3 is 5.97 Å². The summed E-state index contributed by atoms with van der Waals surface area (Å²) in [5.41, 5.74) is 0. The highest BCUT2D eigenvalue weighted by atomic mass is 16.5. The Labute approximate surface area is 79.8 Å². The van der Waals surface area contributed by atoms with Crippen molar-refractivity contribution in [3.05, 3.63) is 0 Å². The number of nitrogens with one attached hydrogen (secondary N) is 1. The van der Waals surface area contributed by atoms with Gasteiger partial charge in [0.15, 0.2) is 0 Å². The molecule has 1 atom stereocenters. The lowest BCUT2D eigenvalue weighted by Crippen LogP contribution is -2.32. The van der Waals surface area contributed by atoms with E-state index >= 15 is 0 Å². The van der Waals surface area contributed by atoms with Gasteiger partial charge in [0.1, 0.15) is 6.04 Å². The summed E-state index contributed by atoms with van der Waals surface area (Å²) >= 11 is 0. The molecule has 0 spiro atoms. The quantitative estimate of drug-likeness (QED) is 0.671. The first kappa shape index (κ1) is 10.5. The third kappa shape index (κ3) is 3.77. The van der Waals surface area contributed by atoms with Gasteiger partial charge < -0.3 is 10.1 Å². The molecule has 1 aliphatic rings. The Bertz CT molecular complexity index is 162. The Morgan fingerprint density at radius 2 is 2.38 bits per heavy atom. The molecule has 13 heavy (non-hydrogen) atoms. The third-order valence-corrected chi connectivity index (χ3v) is 2.28. The number of hydrogen-bond acceptors (Lipinski definition) is 3. The molecule has 0 bridgehead atoms. The number of carbonyl (C=O) groups excluding carboxylic acids is 1. The topological polar surface area (TPSA) is 38.3 Å². The van der Waals surface area contributed by atoms with Crippen LogP contribution in [0.5, 0.6) is 0 Å². The predicted octanol–water partition coefficient (Wildman–Crippen LogP) is 1.33. The van der Waals surface area contributed by atoms with E-state index in [2.05, 4.69) is 19.2 Å². The Hall–Kier alpha value is -0.570. The molecule has 1 N–H and O–H groups in total. The summed E-state index contributed by atoms with van der Waals surface area (Å²) < 4.78 is 5.14. The molecule has 0 aromatic heterocycles. The van der Waals surface area contributed by atoms with Gasteiger partial charge in [0, 0.05) is 0 Å². The summed E-state index contributed by atoms with van der Waals surface area (Å²) in [6.07, 6.45) is 2.98. The molecule has 0 aliphatic carbocycles. The van der Waals surface area contributed by atoms with E-state index in [1.807, 2.05) is 0 Å². The highest BCUT2D eigenvalue weighted by Gasteiger charge is 2.22. The summed E-state index contributed by atoms with van der Waals surface area (Å²) in [6.45, 7) is 5.77. The zero-order chi connectivity index (χ0) is 9.68. The van der Waals surface area contributed by atoms with Crippen LogP contribution in [0.15, 0.2) is 0 Å². The van der Waals surface area contributed by atoms with E-state index in [0.29, 0.717) is 12.5 Å². The number of carbonyl (C=O) groups is 1. The molecule has 3 heteroatoms. The van der Waals surface area contributed by atoms with E-state index in [1.165, 1.54) is 0 Å². The van der Waals surface area contributed by atoms with Gasteiger partial charge in [-0.2, -0.15) is 0 Å². The standard InChI is InChI=1S/C10H19NO2/c1-8(2)5-7-13-10(12)9-4-3-6-11-9/h8-9,11H,3-7H2,1-2H3. The summed E-state index contributed by atoms with van der Waals surface area (Å²) in [4.78, 5) is 11.3. The maximum absolute atomic E-state index is 11.3. The second-order valence-corrected chi connectivity index (χ2v) is 4.00. The van der Waals surface area contributed by atoms with E-state index in [1.54, 1.807) is 0 Å². The van der Waals surface area contributed by atoms with Crippen molar-refractivity contribution in [2.75, 3.05) is 13.2 Å². The van der Waals surface area contributed by atoms with Crippen LogP contribution in [0.3, 0.4) is 0 Å². The average molecular weight is 185 g/mol. The molecule has 0 radical (unpaired) electrons. The van der Waals surface area contributed by atoms with E-state index in [4.69, 9.17) is 4.74 Å². The van der Waals surface area contributed by atoms with Gasteiger partial charge in [-0.1, -0.05) is 13.8 Å². The summed E-state index contributed by atoms with van der Waals surface area (Å²) in [6, 6.07) is -0.0350. The third-order valence-electron chi connectivity index (χ3n) is 2.28. The SMILES string of the molecule is CC(C)CCOC(=O)C1CCCN1. The van der Waals surface area contributed by atoms with Crippen LogP contribution in [0, 0.1) is 5.92 Å². The second kappa shape index (κ2) is 5.22. The molecule has 1 aliphatic heterocycles. The molecule has 0 aromatic rings. The van der Waals surface area contributed by atoms with Crippen LogP contribution in [0.25, 0.3) is 0 Å². The first-order chi connectivity index (χ1) is 6.20. The Morgan fingerprint density at radius 1 is 1.62 bits per heavy atom. The molecular weight excluding hydrogens is 166 g/mol. The number of rotatable bonds is 4. The molecule has 0 amide bonds. The van der Waals surface area contributed by atoms with E-state index in [-0.39, 0.29) is 12.0 Å². The summed E-state index contributed by atoms with van der Waals surface area (Å²) in [7, 11) is 0. The fourth-order valence-corrected chi connectivity index (χ4v) is 1.38. The van der Waals surface area contributed by atoms with Crippen LogP contribution >= 0.6 is 0 Å². The van der Waals surface area contributed by atoms with Crippen molar-refractivity contribution in [1.29, 1.82) is 0 Å². The second-order valence-electron chi connectivity index (χ2n) is 4.00. The lowest BCUT2D eigenvalue weighted by Gasteiger charge is -2.10. The Kier molecular flexibility index (Phi) is 4.22. The van der Waals surface area contributed by atoms with Crippen molar-refractivity contribution < 1.29 is 9.53 Å². The number of hydrogen-bond donors (Lipinski definition) is 1. The number of esters is 1. The molecule has 0 saturated carbocycles. The smallest absolute Gasteiger partial charge is 0.323 e. The van der Waals surface area contributed by atoms with Crippen LogP contribution in [-0.2, 0) is 9.53 Å². The summed E-state index contributed by atoms with van der Waals surface area (Å²) in [5, 5.41) is 3.12. The van der Waals surface area contributed by atoms with Gasteiger partial charge in [-0.25, -0.2) is 0 Å². The minimum Gasteiger partial charge on any atom is -0.465 e. The molecule has 1 heterocycles. The van der Waals surface area contributed by atoms with E-state index < -0.39 is 0 Å². The molecule has 1 saturated heterocycles. The first-order valence-electron chi connectivity index (χ1n) is 5.10. The number of ether oxygens (including phenoxy) is 1.